The van der Waals surface area contributed by atoms with Crippen molar-refractivity contribution in [2.45, 2.75) is 51.2 Å². The summed E-state index contributed by atoms with van der Waals surface area (Å²) in [5.74, 6) is 0.934. The standard InChI is InChI=1S/C14H20O2/c15-11-12-7-9-14(10-8-12)16-13-5-3-1-2-4-6-13/h7-10,13,15H,1-6,11H2. The Labute approximate surface area is 97.3 Å². The van der Waals surface area contributed by atoms with Crippen LogP contribution in [0, 0.1) is 0 Å². The second kappa shape index (κ2) is 5.90. The van der Waals surface area contributed by atoms with E-state index in [2.05, 4.69) is 0 Å². The van der Waals surface area contributed by atoms with Crippen molar-refractivity contribution in [3.05, 3.63) is 29.8 Å². The lowest BCUT2D eigenvalue weighted by Gasteiger charge is -2.17. The zero-order valence-electron chi connectivity index (χ0n) is 9.69. The summed E-state index contributed by atoms with van der Waals surface area (Å²) in [5.41, 5.74) is 0.938. The van der Waals surface area contributed by atoms with Crippen molar-refractivity contribution in [2.75, 3.05) is 0 Å². The number of benzene rings is 1. The predicted molar refractivity (Wildman–Crippen MR) is 64.5 cm³/mol. The molecule has 0 saturated heterocycles. The van der Waals surface area contributed by atoms with Crippen LogP contribution < -0.4 is 4.74 Å². The van der Waals surface area contributed by atoms with Gasteiger partial charge in [-0.05, 0) is 43.4 Å². The minimum atomic E-state index is 0.101. The highest BCUT2D eigenvalue weighted by Crippen LogP contribution is 2.22. The lowest BCUT2D eigenvalue weighted by Crippen LogP contribution is -2.14. The van der Waals surface area contributed by atoms with Gasteiger partial charge in [0.2, 0.25) is 0 Å². The fourth-order valence-corrected chi connectivity index (χ4v) is 2.23. The van der Waals surface area contributed by atoms with Crippen LogP contribution in [0.3, 0.4) is 0 Å². The summed E-state index contributed by atoms with van der Waals surface area (Å²) in [6.45, 7) is 0.101. The molecule has 1 saturated carbocycles. The molecule has 88 valence electrons. The molecule has 1 fully saturated rings. The first-order valence-electron chi connectivity index (χ1n) is 6.25. The molecule has 0 bridgehead atoms. The summed E-state index contributed by atoms with van der Waals surface area (Å²) in [7, 11) is 0. The average molecular weight is 220 g/mol. The first-order valence-corrected chi connectivity index (χ1v) is 6.25. The van der Waals surface area contributed by atoms with Gasteiger partial charge in [0.05, 0.1) is 12.7 Å². The summed E-state index contributed by atoms with van der Waals surface area (Å²) < 4.78 is 5.95. The third-order valence-electron chi connectivity index (χ3n) is 3.21. The maximum absolute atomic E-state index is 8.95. The lowest BCUT2D eigenvalue weighted by atomic mass is 10.1. The molecule has 16 heavy (non-hydrogen) atoms. The van der Waals surface area contributed by atoms with E-state index in [0.717, 1.165) is 11.3 Å². The summed E-state index contributed by atoms with van der Waals surface area (Å²) in [6, 6.07) is 7.75. The van der Waals surface area contributed by atoms with Gasteiger partial charge < -0.3 is 9.84 Å². The second-order valence-electron chi connectivity index (χ2n) is 4.53. The van der Waals surface area contributed by atoms with Crippen LogP contribution in [0.25, 0.3) is 0 Å². The van der Waals surface area contributed by atoms with Gasteiger partial charge in [-0.3, -0.25) is 0 Å². The van der Waals surface area contributed by atoms with Gasteiger partial charge in [-0.25, -0.2) is 0 Å². The third-order valence-corrected chi connectivity index (χ3v) is 3.21. The van der Waals surface area contributed by atoms with Gasteiger partial charge in [-0.15, -0.1) is 0 Å². The van der Waals surface area contributed by atoms with Crippen LogP contribution in [-0.2, 0) is 6.61 Å². The maximum Gasteiger partial charge on any atom is 0.119 e. The highest BCUT2D eigenvalue weighted by atomic mass is 16.5. The van der Waals surface area contributed by atoms with Gasteiger partial charge in [0.1, 0.15) is 5.75 Å². The molecule has 1 N–H and O–H groups in total. The smallest absolute Gasteiger partial charge is 0.119 e. The monoisotopic (exact) mass is 220 g/mol. The fourth-order valence-electron chi connectivity index (χ4n) is 2.23. The Morgan fingerprint density at radius 2 is 1.62 bits per heavy atom. The molecule has 2 nitrogen and oxygen atoms in total. The zero-order chi connectivity index (χ0) is 11.2. The van der Waals surface area contributed by atoms with Crippen LogP contribution in [0.1, 0.15) is 44.1 Å². The first-order chi connectivity index (χ1) is 7.88. The van der Waals surface area contributed by atoms with Gasteiger partial charge in [-0.2, -0.15) is 0 Å². The summed E-state index contributed by atoms with van der Waals surface area (Å²) >= 11 is 0. The van der Waals surface area contributed by atoms with E-state index in [4.69, 9.17) is 9.84 Å². The van der Waals surface area contributed by atoms with Crippen molar-refractivity contribution in [1.29, 1.82) is 0 Å². The molecular formula is C14H20O2. The maximum atomic E-state index is 8.95. The molecule has 0 amide bonds. The Kier molecular flexibility index (Phi) is 4.23. The molecule has 0 unspecified atom stereocenters. The van der Waals surface area contributed by atoms with Crippen LogP contribution in [0.2, 0.25) is 0 Å². The normalized spacial score (nSPS) is 18.1. The second-order valence-corrected chi connectivity index (χ2v) is 4.53. The Morgan fingerprint density at radius 1 is 1.00 bits per heavy atom. The number of aliphatic hydroxyl groups excluding tert-OH is 1. The van der Waals surface area contributed by atoms with Crippen molar-refractivity contribution in [3.8, 4) is 5.75 Å². The SMILES string of the molecule is OCc1ccc(OC2CCCCCC2)cc1. The van der Waals surface area contributed by atoms with Crippen molar-refractivity contribution >= 4 is 0 Å². The van der Waals surface area contributed by atoms with E-state index in [0.29, 0.717) is 6.10 Å². The molecule has 0 aromatic heterocycles. The van der Waals surface area contributed by atoms with Crippen molar-refractivity contribution in [3.63, 3.8) is 0 Å². The van der Waals surface area contributed by atoms with Gasteiger partial charge in [0.15, 0.2) is 0 Å². The lowest BCUT2D eigenvalue weighted by molar-refractivity contribution is 0.183. The molecule has 0 heterocycles. The molecule has 1 aliphatic carbocycles. The fraction of sp³-hybridized carbons (Fsp3) is 0.571. The number of hydrogen-bond acceptors (Lipinski definition) is 2. The first kappa shape index (κ1) is 11.5. The van der Waals surface area contributed by atoms with E-state index >= 15 is 0 Å². The Hall–Kier alpha value is -1.02. The van der Waals surface area contributed by atoms with Gasteiger partial charge >= 0.3 is 0 Å². The molecule has 0 spiro atoms. The van der Waals surface area contributed by atoms with E-state index in [1.807, 2.05) is 24.3 Å². The van der Waals surface area contributed by atoms with E-state index in [1.165, 1.54) is 38.5 Å². The van der Waals surface area contributed by atoms with Crippen molar-refractivity contribution in [2.24, 2.45) is 0 Å². The molecular weight excluding hydrogens is 200 g/mol. The molecule has 1 aromatic carbocycles. The number of ether oxygens (including phenoxy) is 1. The Bertz CT molecular complexity index is 297. The Morgan fingerprint density at radius 3 is 2.19 bits per heavy atom. The van der Waals surface area contributed by atoms with E-state index in [-0.39, 0.29) is 6.61 Å². The molecule has 2 rings (SSSR count). The molecule has 2 heteroatoms. The predicted octanol–water partition coefficient (Wildman–Crippen LogP) is 3.28. The average Bonchev–Trinajstić information content (AvgIpc) is 2.59. The molecule has 0 radical (unpaired) electrons. The molecule has 0 aliphatic heterocycles. The van der Waals surface area contributed by atoms with E-state index in [9.17, 15) is 0 Å². The summed E-state index contributed by atoms with van der Waals surface area (Å²) in [5, 5.41) is 8.95. The van der Waals surface area contributed by atoms with Crippen molar-refractivity contribution < 1.29 is 9.84 Å². The van der Waals surface area contributed by atoms with Gasteiger partial charge in [0, 0.05) is 0 Å². The molecule has 1 aromatic rings. The minimum absolute atomic E-state index is 0.101. The largest absolute Gasteiger partial charge is 0.490 e. The Balaban J connectivity index is 1.91. The quantitative estimate of drug-likeness (QED) is 0.792. The zero-order valence-corrected chi connectivity index (χ0v) is 9.69. The summed E-state index contributed by atoms with van der Waals surface area (Å²) in [6.07, 6.45) is 8.04. The van der Waals surface area contributed by atoms with Crippen LogP contribution in [0.5, 0.6) is 5.75 Å². The number of aliphatic hydroxyl groups is 1. The highest BCUT2D eigenvalue weighted by Gasteiger charge is 2.13. The van der Waals surface area contributed by atoms with Crippen LogP contribution in [0.15, 0.2) is 24.3 Å². The van der Waals surface area contributed by atoms with Crippen LogP contribution >= 0.6 is 0 Å². The van der Waals surface area contributed by atoms with Gasteiger partial charge in [0.25, 0.3) is 0 Å². The third kappa shape index (κ3) is 3.24. The number of hydrogen-bond donors (Lipinski definition) is 1. The highest BCUT2D eigenvalue weighted by molar-refractivity contribution is 5.27. The van der Waals surface area contributed by atoms with E-state index in [1.54, 1.807) is 0 Å². The molecule has 1 aliphatic rings. The van der Waals surface area contributed by atoms with Gasteiger partial charge in [-0.1, -0.05) is 25.0 Å². The summed E-state index contributed by atoms with van der Waals surface area (Å²) in [4.78, 5) is 0. The number of rotatable bonds is 3. The topological polar surface area (TPSA) is 29.5 Å². The van der Waals surface area contributed by atoms with Crippen LogP contribution in [0.4, 0.5) is 0 Å². The van der Waals surface area contributed by atoms with Crippen molar-refractivity contribution in [1.82, 2.24) is 0 Å². The minimum Gasteiger partial charge on any atom is -0.490 e. The van der Waals surface area contributed by atoms with Crippen LogP contribution in [-0.4, -0.2) is 11.2 Å². The molecule has 0 atom stereocenters. The van der Waals surface area contributed by atoms with E-state index < -0.39 is 0 Å².